The van der Waals surface area contributed by atoms with Gasteiger partial charge < -0.3 is 10.4 Å². The molecule has 0 unspecified atom stereocenters. The van der Waals surface area contributed by atoms with Crippen LogP contribution in [-0.2, 0) is 4.79 Å². The van der Waals surface area contributed by atoms with E-state index in [9.17, 15) is 9.90 Å². The van der Waals surface area contributed by atoms with Gasteiger partial charge in [-0.3, -0.25) is 4.79 Å². The first-order chi connectivity index (χ1) is 6.77. The average molecular weight is 189 g/mol. The summed E-state index contributed by atoms with van der Waals surface area (Å²) in [5.74, 6) is -0.298. The van der Waals surface area contributed by atoms with Crippen LogP contribution in [0.4, 0.5) is 0 Å². The second kappa shape index (κ2) is 3.64. The molecule has 72 valence electrons. The molecule has 1 heterocycles. The van der Waals surface area contributed by atoms with Gasteiger partial charge >= 0.3 is 0 Å². The molecule has 1 aromatic carbocycles. The van der Waals surface area contributed by atoms with Gasteiger partial charge in [-0.25, -0.2) is 0 Å². The molecule has 2 rings (SSSR count). The molecule has 0 radical (unpaired) electrons. The van der Waals surface area contributed by atoms with Gasteiger partial charge in [0.05, 0.1) is 6.04 Å². The smallest absolute Gasteiger partial charge is 0.251 e. The van der Waals surface area contributed by atoms with Crippen molar-refractivity contribution in [1.29, 1.82) is 0 Å². The van der Waals surface area contributed by atoms with Gasteiger partial charge in [-0.1, -0.05) is 42.5 Å². The Labute approximate surface area is 82.1 Å². The minimum absolute atomic E-state index is 0.234. The lowest BCUT2D eigenvalue weighted by atomic mass is 10.0. The molecule has 0 aromatic heterocycles. The van der Waals surface area contributed by atoms with Gasteiger partial charge in [0.25, 0.3) is 5.91 Å². The van der Waals surface area contributed by atoms with Crippen LogP contribution in [0.15, 0.2) is 36.4 Å². The summed E-state index contributed by atoms with van der Waals surface area (Å²) in [5.41, 5.74) is 1.06. The molecule has 3 heteroatoms. The zero-order chi connectivity index (χ0) is 9.97. The number of nitrogens with one attached hydrogen (secondary N) is 1. The maximum atomic E-state index is 10.7. The van der Waals surface area contributed by atoms with Crippen LogP contribution < -0.4 is 5.32 Å². The summed E-state index contributed by atoms with van der Waals surface area (Å²) >= 11 is 0. The van der Waals surface area contributed by atoms with Crippen molar-refractivity contribution < 1.29 is 9.90 Å². The van der Waals surface area contributed by atoms with Gasteiger partial charge in [0.2, 0.25) is 0 Å². The predicted octanol–water partition coefficient (Wildman–Crippen LogP) is 0.559. The van der Waals surface area contributed by atoms with Crippen LogP contribution in [0.3, 0.4) is 0 Å². The molecular formula is C11H11NO2. The van der Waals surface area contributed by atoms with Crippen molar-refractivity contribution in [3.63, 3.8) is 0 Å². The topological polar surface area (TPSA) is 49.3 Å². The Hall–Kier alpha value is -1.61. The van der Waals surface area contributed by atoms with Gasteiger partial charge in [0.15, 0.2) is 6.10 Å². The number of β-lactam (4-membered cyclic amide) rings is 1. The van der Waals surface area contributed by atoms with Crippen LogP contribution in [0.5, 0.6) is 0 Å². The Kier molecular flexibility index (Phi) is 2.33. The molecule has 14 heavy (non-hydrogen) atoms. The van der Waals surface area contributed by atoms with Crippen molar-refractivity contribution in [3.05, 3.63) is 42.0 Å². The van der Waals surface area contributed by atoms with Crippen LogP contribution in [0.2, 0.25) is 0 Å². The summed E-state index contributed by atoms with van der Waals surface area (Å²) in [6.45, 7) is 0. The minimum atomic E-state index is -0.880. The number of carbonyl (C=O) groups excluding carboxylic acids is 1. The van der Waals surface area contributed by atoms with Gasteiger partial charge in [-0.15, -0.1) is 0 Å². The number of benzene rings is 1. The predicted molar refractivity (Wildman–Crippen MR) is 53.4 cm³/mol. The van der Waals surface area contributed by atoms with E-state index in [4.69, 9.17) is 0 Å². The van der Waals surface area contributed by atoms with E-state index in [0.29, 0.717) is 0 Å². The number of rotatable bonds is 2. The summed E-state index contributed by atoms with van der Waals surface area (Å²) in [6, 6.07) is 9.51. The Morgan fingerprint density at radius 1 is 1.29 bits per heavy atom. The van der Waals surface area contributed by atoms with Crippen molar-refractivity contribution in [3.8, 4) is 0 Å². The van der Waals surface area contributed by atoms with E-state index in [1.807, 2.05) is 36.4 Å². The third-order valence-corrected chi connectivity index (χ3v) is 2.21. The molecule has 1 amide bonds. The normalized spacial score (nSPS) is 25.9. The number of amides is 1. The Morgan fingerprint density at radius 2 is 2.00 bits per heavy atom. The van der Waals surface area contributed by atoms with Gasteiger partial charge in [0.1, 0.15) is 0 Å². The second-order valence-corrected chi connectivity index (χ2v) is 3.25. The highest BCUT2D eigenvalue weighted by molar-refractivity contribution is 5.89. The first-order valence-electron chi connectivity index (χ1n) is 4.49. The molecule has 1 fully saturated rings. The highest BCUT2D eigenvalue weighted by Crippen LogP contribution is 2.09. The number of hydrogen-bond donors (Lipinski definition) is 2. The minimum Gasteiger partial charge on any atom is -0.381 e. The highest BCUT2D eigenvalue weighted by atomic mass is 16.3. The van der Waals surface area contributed by atoms with E-state index in [1.54, 1.807) is 6.08 Å². The maximum Gasteiger partial charge on any atom is 0.251 e. The first-order valence-corrected chi connectivity index (χ1v) is 4.49. The highest BCUT2D eigenvalue weighted by Gasteiger charge is 2.35. The summed E-state index contributed by atoms with van der Waals surface area (Å²) in [6.07, 6.45) is 2.80. The standard InChI is InChI=1S/C11H11NO2/c13-10-9(12-11(10)14)7-6-8-4-2-1-3-5-8/h1-7,9-10,13H,(H,12,14)/t9-,10+/m0/s1. The SMILES string of the molecule is O=C1N[C@@H](C=Cc2ccccc2)[C@H]1O. The Bertz CT molecular complexity index is 359. The molecule has 1 aromatic rings. The van der Waals surface area contributed by atoms with E-state index < -0.39 is 6.10 Å². The van der Waals surface area contributed by atoms with Crippen LogP contribution in [0.1, 0.15) is 5.56 Å². The molecule has 1 saturated heterocycles. The molecule has 1 aliphatic heterocycles. The first kappa shape index (κ1) is 8.97. The molecule has 1 aliphatic rings. The van der Waals surface area contributed by atoms with Crippen molar-refractivity contribution >= 4 is 12.0 Å². The summed E-state index contributed by atoms with van der Waals surface area (Å²) < 4.78 is 0. The lowest BCUT2D eigenvalue weighted by Crippen LogP contribution is -2.61. The van der Waals surface area contributed by atoms with Crippen molar-refractivity contribution in [2.45, 2.75) is 12.1 Å². The van der Waals surface area contributed by atoms with E-state index in [-0.39, 0.29) is 11.9 Å². The molecule has 0 bridgehead atoms. The van der Waals surface area contributed by atoms with E-state index in [0.717, 1.165) is 5.56 Å². The molecule has 0 saturated carbocycles. The molecule has 2 atom stereocenters. The van der Waals surface area contributed by atoms with E-state index in [1.165, 1.54) is 0 Å². The van der Waals surface area contributed by atoms with Crippen LogP contribution in [-0.4, -0.2) is 23.2 Å². The Morgan fingerprint density at radius 3 is 2.57 bits per heavy atom. The number of carbonyl (C=O) groups is 1. The Balaban J connectivity index is 1.99. The fraction of sp³-hybridized carbons (Fsp3) is 0.182. The van der Waals surface area contributed by atoms with Crippen LogP contribution >= 0.6 is 0 Å². The van der Waals surface area contributed by atoms with E-state index in [2.05, 4.69) is 5.32 Å². The summed E-state index contributed by atoms with van der Waals surface area (Å²) in [7, 11) is 0. The third-order valence-electron chi connectivity index (χ3n) is 2.21. The fourth-order valence-electron chi connectivity index (χ4n) is 1.33. The number of aliphatic hydroxyl groups is 1. The molecule has 2 N–H and O–H groups in total. The van der Waals surface area contributed by atoms with E-state index >= 15 is 0 Å². The van der Waals surface area contributed by atoms with Crippen molar-refractivity contribution in [1.82, 2.24) is 5.32 Å². The second-order valence-electron chi connectivity index (χ2n) is 3.25. The number of hydrogen-bond acceptors (Lipinski definition) is 2. The lowest BCUT2D eigenvalue weighted by molar-refractivity contribution is -0.140. The molecular weight excluding hydrogens is 178 g/mol. The average Bonchev–Trinajstić information content (AvgIpc) is 2.25. The van der Waals surface area contributed by atoms with Gasteiger partial charge in [0, 0.05) is 0 Å². The van der Waals surface area contributed by atoms with Crippen LogP contribution in [0, 0.1) is 0 Å². The fourth-order valence-corrected chi connectivity index (χ4v) is 1.33. The quantitative estimate of drug-likeness (QED) is 0.668. The zero-order valence-corrected chi connectivity index (χ0v) is 7.55. The molecule has 0 spiro atoms. The monoisotopic (exact) mass is 189 g/mol. The van der Waals surface area contributed by atoms with Crippen molar-refractivity contribution in [2.24, 2.45) is 0 Å². The van der Waals surface area contributed by atoms with Crippen LogP contribution in [0.25, 0.3) is 6.08 Å². The lowest BCUT2D eigenvalue weighted by Gasteiger charge is -2.30. The summed E-state index contributed by atoms with van der Waals surface area (Å²) in [4.78, 5) is 10.7. The largest absolute Gasteiger partial charge is 0.381 e. The molecule has 0 aliphatic carbocycles. The third kappa shape index (κ3) is 1.67. The zero-order valence-electron chi connectivity index (χ0n) is 7.55. The summed E-state index contributed by atoms with van der Waals surface area (Å²) in [5, 5.41) is 11.8. The van der Waals surface area contributed by atoms with Gasteiger partial charge in [-0.2, -0.15) is 0 Å². The number of aliphatic hydroxyl groups excluding tert-OH is 1. The van der Waals surface area contributed by atoms with Gasteiger partial charge in [-0.05, 0) is 5.56 Å². The molecule has 3 nitrogen and oxygen atoms in total. The maximum absolute atomic E-state index is 10.7. The van der Waals surface area contributed by atoms with Crippen molar-refractivity contribution in [2.75, 3.05) is 0 Å².